The van der Waals surface area contributed by atoms with Crippen molar-refractivity contribution in [1.29, 1.82) is 0 Å². The summed E-state index contributed by atoms with van der Waals surface area (Å²) in [6.45, 7) is 4.52. The lowest BCUT2D eigenvalue weighted by Crippen LogP contribution is -2.29. The van der Waals surface area contributed by atoms with E-state index in [1.54, 1.807) is 0 Å². The van der Waals surface area contributed by atoms with Crippen LogP contribution in [0.1, 0.15) is 38.5 Å². The van der Waals surface area contributed by atoms with Crippen molar-refractivity contribution in [2.45, 2.75) is 38.5 Å². The number of nitrogens with zero attached hydrogens (tertiary/aromatic N) is 2. The van der Waals surface area contributed by atoms with E-state index in [1.807, 2.05) is 22.7 Å². The number of rotatable bonds is 4. The van der Waals surface area contributed by atoms with E-state index in [2.05, 4.69) is 131 Å². The van der Waals surface area contributed by atoms with Crippen LogP contribution < -0.4 is 9.80 Å². The van der Waals surface area contributed by atoms with Gasteiger partial charge in [-0.1, -0.05) is 72.8 Å². The third-order valence-electron chi connectivity index (χ3n) is 11.9. The fraction of sp³-hybridized carbons (Fsp3) is 0.208. The lowest BCUT2D eigenvalue weighted by Gasteiger charge is -2.30. The zero-order valence-electron chi connectivity index (χ0n) is 29.3. The predicted molar refractivity (Wildman–Crippen MR) is 230 cm³/mol. The first-order chi connectivity index (χ1) is 25.8. The summed E-state index contributed by atoms with van der Waals surface area (Å²) in [6, 6.07) is 46.9. The molecule has 0 amide bonds. The number of piperidine rings is 2. The van der Waals surface area contributed by atoms with Gasteiger partial charge >= 0.3 is 0 Å². The Kier molecular flexibility index (Phi) is 7.30. The van der Waals surface area contributed by atoms with Crippen molar-refractivity contribution in [2.75, 3.05) is 36.0 Å². The van der Waals surface area contributed by atoms with Crippen LogP contribution in [-0.4, -0.2) is 26.2 Å². The quantitative estimate of drug-likeness (QED) is 0.168. The monoisotopic (exact) mass is 708 g/mol. The maximum Gasteiger partial charge on any atom is 0.0372 e. The van der Waals surface area contributed by atoms with Crippen molar-refractivity contribution < 1.29 is 0 Å². The summed E-state index contributed by atoms with van der Waals surface area (Å²) in [5.74, 6) is 0. The van der Waals surface area contributed by atoms with Crippen molar-refractivity contribution in [3.8, 4) is 22.3 Å². The molecule has 4 heteroatoms. The first-order valence-electron chi connectivity index (χ1n) is 19.1. The molecule has 0 spiro atoms. The molecule has 11 rings (SSSR count). The number of fused-ring (bicyclic) bond motifs is 8. The second-order valence-corrected chi connectivity index (χ2v) is 17.0. The van der Waals surface area contributed by atoms with Gasteiger partial charge in [0.15, 0.2) is 0 Å². The van der Waals surface area contributed by atoms with Crippen molar-refractivity contribution in [1.82, 2.24) is 0 Å². The van der Waals surface area contributed by atoms with Gasteiger partial charge in [-0.2, -0.15) is 0 Å². The number of hydrogen-bond acceptors (Lipinski definition) is 4. The Bertz CT molecular complexity index is 2630. The van der Waals surface area contributed by atoms with E-state index >= 15 is 0 Å². The Labute approximate surface area is 312 Å². The molecule has 0 radical (unpaired) electrons. The third kappa shape index (κ3) is 4.81. The van der Waals surface area contributed by atoms with Crippen LogP contribution in [0.5, 0.6) is 0 Å². The Morgan fingerprint density at radius 1 is 0.346 bits per heavy atom. The molecule has 254 valence electrons. The van der Waals surface area contributed by atoms with E-state index < -0.39 is 0 Å². The molecule has 0 saturated carbocycles. The van der Waals surface area contributed by atoms with Crippen LogP contribution in [0.4, 0.5) is 11.4 Å². The van der Waals surface area contributed by atoms with Crippen molar-refractivity contribution in [2.24, 2.45) is 0 Å². The minimum absolute atomic E-state index is 1.13. The minimum atomic E-state index is 1.13. The largest absolute Gasteiger partial charge is 0.372 e. The number of thiophene rings is 2. The molecule has 4 heterocycles. The van der Waals surface area contributed by atoms with Gasteiger partial charge < -0.3 is 9.80 Å². The molecular weight excluding hydrogens is 669 g/mol. The first-order valence-corrected chi connectivity index (χ1v) is 20.8. The van der Waals surface area contributed by atoms with E-state index in [1.165, 1.54) is 134 Å². The Balaban J connectivity index is 1.31. The lowest BCUT2D eigenvalue weighted by molar-refractivity contribution is 0.578. The summed E-state index contributed by atoms with van der Waals surface area (Å²) >= 11 is 3.84. The van der Waals surface area contributed by atoms with Crippen LogP contribution in [-0.2, 0) is 0 Å². The van der Waals surface area contributed by atoms with Crippen molar-refractivity contribution in [3.05, 3.63) is 121 Å². The van der Waals surface area contributed by atoms with Gasteiger partial charge in [-0.25, -0.2) is 0 Å². The molecule has 0 atom stereocenters. The molecule has 2 saturated heterocycles. The van der Waals surface area contributed by atoms with Crippen molar-refractivity contribution in [3.63, 3.8) is 0 Å². The Morgan fingerprint density at radius 2 is 0.769 bits per heavy atom. The molecule has 0 N–H and O–H groups in total. The molecule has 7 aromatic carbocycles. The molecule has 2 aliphatic rings. The molecule has 0 aliphatic carbocycles. The van der Waals surface area contributed by atoms with Gasteiger partial charge in [0, 0.05) is 77.9 Å². The molecular formula is C48H40N2S2. The van der Waals surface area contributed by atoms with Gasteiger partial charge in [-0.15, -0.1) is 22.7 Å². The molecule has 2 aliphatic heterocycles. The smallest absolute Gasteiger partial charge is 0.0372 e. The van der Waals surface area contributed by atoms with Gasteiger partial charge in [0.05, 0.1) is 0 Å². The van der Waals surface area contributed by atoms with Crippen LogP contribution in [0, 0.1) is 0 Å². The highest BCUT2D eigenvalue weighted by molar-refractivity contribution is 7.26. The van der Waals surface area contributed by atoms with E-state index in [9.17, 15) is 0 Å². The topological polar surface area (TPSA) is 6.48 Å². The normalized spacial score (nSPS) is 15.6. The highest BCUT2D eigenvalue weighted by Crippen LogP contribution is 2.51. The zero-order chi connectivity index (χ0) is 34.2. The maximum atomic E-state index is 2.63. The fourth-order valence-electron chi connectivity index (χ4n) is 9.45. The number of anilines is 2. The summed E-state index contributed by atoms with van der Waals surface area (Å²) in [4.78, 5) is 5.26. The van der Waals surface area contributed by atoms with E-state index in [0.29, 0.717) is 0 Å². The average Bonchev–Trinajstić information content (AvgIpc) is 3.79. The summed E-state index contributed by atoms with van der Waals surface area (Å²) < 4.78 is 5.42. The first kappa shape index (κ1) is 30.7. The predicted octanol–water partition coefficient (Wildman–Crippen LogP) is 14.0. The molecule has 0 unspecified atom stereocenters. The van der Waals surface area contributed by atoms with Crippen LogP contribution in [0.2, 0.25) is 0 Å². The van der Waals surface area contributed by atoms with E-state index in [0.717, 1.165) is 26.2 Å². The Morgan fingerprint density at radius 3 is 1.23 bits per heavy atom. The molecule has 2 nitrogen and oxygen atoms in total. The molecule has 2 aromatic heterocycles. The highest BCUT2D eigenvalue weighted by Gasteiger charge is 2.24. The van der Waals surface area contributed by atoms with Gasteiger partial charge in [0.25, 0.3) is 0 Å². The average molecular weight is 709 g/mol. The van der Waals surface area contributed by atoms with Gasteiger partial charge in [0.2, 0.25) is 0 Å². The zero-order valence-corrected chi connectivity index (χ0v) is 31.0. The van der Waals surface area contributed by atoms with Gasteiger partial charge in [-0.05, 0) is 131 Å². The summed E-state index contributed by atoms with van der Waals surface area (Å²) in [7, 11) is 0. The van der Waals surface area contributed by atoms with Crippen molar-refractivity contribution >= 4 is 95.9 Å². The highest BCUT2D eigenvalue weighted by atomic mass is 32.1. The molecule has 2 fully saturated rings. The van der Waals surface area contributed by atoms with Crippen LogP contribution in [0.3, 0.4) is 0 Å². The summed E-state index contributed by atoms with van der Waals surface area (Å²) in [5, 5.41) is 10.9. The van der Waals surface area contributed by atoms with E-state index in [4.69, 9.17) is 0 Å². The SMILES string of the molecule is c1ccc2c(c1)sc1cccc(-c3c4ccc(N5CCCCC5)cc4c(-c4cccc5sc6ccccc6c45)c4ccc(N5CCCCC5)cc34)c12. The van der Waals surface area contributed by atoms with Gasteiger partial charge in [0.1, 0.15) is 0 Å². The van der Waals surface area contributed by atoms with Crippen LogP contribution in [0.15, 0.2) is 121 Å². The second-order valence-electron chi connectivity index (χ2n) is 14.9. The third-order valence-corrected chi connectivity index (χ3v) is 14.1. The van der Waals surface area contributed by atoms with Crippen LogP contribution in [0.25, 0.3) is 84.1 Å². The summed E-state index contributed by atoms with van der Waals surface area (Å²) in [6.07, 6.45) is 7.72. The minimum Gasteiger partial charge on any atom is -0.372 e. The lowest BCUT2D eigenvalue weighted by atomic mass is 9.83. The van der Waals surface area contributed by atoms with E-state index in [-0.39, 0.29) is 0 Å². The van der Waals surface area contributed by atoms with Crippen LogP contribution >= 0.6 is 22.7 Å². The Hall–Kier alpha value is -4.90. The standard InChI is InChI=1S/C48H40N2S2/c1-7-25-49(26-8-1)31-21-23-33-39(29-31)45(37-15-11-19-43-47(37)35-13-3-5-17-41(35)51-43)34-24-22-32(50-27-9-2-10-28-50)30-40(34)46(33)38-16-12-20-44-48(38)36-14-4-6-18-42(36)52-44/h3-6,11-24,29-30H,1-2,7-10,25-28H2. The van der Waals surface area contributed by atoms with Gasteiger partial charge in [-0.3, -0.25) is 0 Å². The number of hydrogen-bond donors (Lipinski definition) is 0. The maximum absolute atomic E-state index is 2.63. The second kappa shape index (κ2) is 12.4. The fourth-order valence-corrected chi connectivity index (χ4v) is 11.7. The summed E-state index contributed by atoms with van der Waals surface area (Å²) in [5.41, 5.74) is 8.13. The molecule has 9 aromatic rings. The molecule has 0 bridgehead atoms. The number of benzene rings is 7. The molecule has 52 heavy (non-hydrogen) atoms.